The van der Waals surface area contributed by atoms with Crippen molar-refractivity contribution < 1.29 is 13.6 Å². The van der Waals surface area contributed by atoms with E-state index < -0.39 is 5.25 Å². The fourth-order valence-corrected chi connectivity index (χ4v) is 3.45. The lowest BCUT2D eigenvalue weighted by atomic mass is 10.1. The number of aryl methyl sites for hydroxylation is 1. The highest BCUT2D eigenvalue weighted by Gasteiger charge is 2.22. The van der Waals surface area contributed by atoms with Gasteiger partial charge in [0.25, 0.3) is 5.22 Å². The van der Waals surface area contributed by atoms with Crippen molar-refractivity contribution in [1.29, 1.82) is 0 Å². The average Bonchev–Trinajstić information content (AvgIpc) is 3.09. The van der Waals surface area contributed by atoms with Crippen LogP contribution in [0.2, 0.25) is 0 Å². The van der Waals surface area contributed by atoms with E-state index in [0.717, 1.165) is 16.7 Å². The number of amides is 1. The molecular formula is C20H20FN3O2S. The summed E-state index contributed by atoms with van der Waals surface area (Å²) in [6.07, 6.45) is 0. The second kappa shape index (κ2) is 8.35. The van der Waals surface area contributed by atoms with Gasteiger partial charge in [-0.25, -0.2) is 4.39 Å². The molecule has 1 amide bonds. The zero-order valence-electron chi connectivity index (χ0n) is 15.3. The van der Waals surface area contributed by atoms with Crippen molar-refractivity contribution in [2.45, 2.75) is 30.9 Å². The molecular weight excluding hydrogens is 365 g/mol. The minimum atomic E-state index is -0.408. The highest BCUT2D eigenvalue weighted by atomic mass is 32.2. The first kappa shape index (κ1) is 19.1. The minimum absolute atomic E-state index is 0.0976. The number of benzene rings is 2. The lowest BCUT2D eigenvalue weighted by molar-refractivity contribution is -0.129. The Morgan fingerprint density at radius 1 is 1.22 bits per heavy atom. The largest absolute Gasteiger partial charge is 0.411 e. The number of carbonyl (C=O) groups excluding carboxylic acids is 1. The van der Waals surface area contributed by atoms with Crippen molar-refractivity contribution in [1.82, 2.24) is 15.1 Å². The summed E-state index contributed by atoms with van der Waals surface area (Å²) >= 11 is 1.21. The summed E-state index contributed by atoms with van der Waals surface area (Å²) in [7, 11) is 1.69. The van der Waals surface area contributed by atoms with E-state index in [-0.39, 0.29) is 11.7 Å². The molecule has 0 fully saturated rings. The second-order valence-electron chi connectivity index (χ2n) is 6.33. The molecule has 0 radical (unpaired) electrons. The van der Waals surface area contributed by atoms with Gasteiger partial charge in [0.15, 0.2) is 0 Å². The molecule has 7 heteroatoms. The van der Waals surface area contributed by atoms with Crippen LogP contribution < -0.4 is 0 Å². The lowest BCUT2D eigenvalue weighted by Gasteiger charge is -2.20. The Hall–Kier alpha value is -2.67. The number of hydrogen-bond donors (Lipinski definition) is 0. The molecule has 0 aliphatic carbocycles. The zero-order chi connectivity index (χ0) is 19.4. The van der Waals surface area contributed by atoms with Crippen LogP contribution in [-0.4, -0.2) is 33.3 Å². The van der Waals surface area contributed by atoms with Gasteiger partial charge in [-0.1, -0.05) is 41.6 Å². The summed E-state index contributed by atoms with van der Waals surface area (Å²) < 4.78 is 19.0. The highest BCUT2D eigenvalue weighted by molar-refractivity contribution is 8.00. The minimum Gasteiger partial charge on any atom is -0.411 e. The SMILES string of the molecule is Cc1cccc(-c2nnc(SC(C)C(=O)N(C)Cc3cccc(F)c3)o2)c1. The molecule has 1 unspecified atom stereocenters. The van der Waals surface area contributed by atoms with Gasteiger partial charge in [-0.2, -0.15) is 0 Å². The third-order valence-electron chi connectivity index (χ3n) is 3.98. The van der Waals surface area contributed by atoms with Crippen LogP contribution in [-0.2, 0) is 11.3 Å². The predicted octanol–water partition coefficient (Wildman–Crippen LogP) is 4.32. The molecule has 5 nitrogen and oxygen atoms in total. The van der Waals surface area contributed by atoms with Gasteiger partial charge >= 0.3 is 0 Å². The molecule has 3 rings (SSSR count). The standard InChI is InChI=1S/C20H20FN3O2S/c1-13-6-4-8-16(10-13)18-22-23-20(26-18)27-14(2)19(25)24(3)12-15-7-5-9-17(21)11-15/h4-11,14H,12H2,1-3H3. The maximum Gasteiger partial charge on any atom is 0.277 e. The summed E-state index contributed by atoms with van der Waals surface area (Å²) in [5.41, 5.74) is 2.68. The monoisotopic (exact) mass is 385 g/mol. The van der Waals surface area contributed by atoms with Crippen LogP contribution in [0.5, 0.6) is 0 Å². The molecule has 2 aromatic carbocycles. The average molecular weight is 385 g/mol. The number of hydrogen-bond acceptors (Lipinski definition) is 5. The van der Waals surface area contributed by atoms with Crippen LogP contribution in [0.1, 0.15) is 18.1 Å². The highest BCUT2D eigenvalue weighted by Crippen LogP contribution is 2.27. The Morgan fingerprint density at radius 2 is 2.00 bits per heavy atom. The van der Waals surface area contributed by atoms with Crippen molar-refractivity contribution in [2.75, 3.05) is 7.05 Å². The number of rotatable bonds is 6. The van der Waals surface area contributed by atoms with Crippen LogP contribution in [0.15, 0.2) is 58.2 Å². The number of thioether (sulfide) groups is 1. The van der Waals surface area contributed by atoms with Gasteiger partial charge in [-0.05, 0) is 43.7 Å². The van der Waals surface area contributed by atoms with E-state index in [4.69, 9.17) is 4.42 Å². The maximum atomic E-state index is 13.3. The van der Waals surface area contributed by atoms with Gasteiger partial charge < -0.3 is 9.32 Å². The van der Waals surface area contributed by atoms with E-state index in [1.807, 2.05) is 31.2 Å². The molecule has 0 saturated heterocycles. The van der Waals surface area contributed by atoms with E-state index in [9.17, 15) is 9.18 Å². The molecule has 140 valence electrons. The summed E-state index contributed by atoms with van der Waals surface area (Å²) in [6, 6.07) is 14.0. The second-order valence-corrected chi connectivity index (χ2v) is 7.62. The molecule has 3 aromatic rings. The topological polar surface area (TPSA) is 59.2 Å². The number of halogens is 1. The summed E-state index contributed by atoms with van der Waals surface area (Å²) in [5.74, 6) is 0.0128. The quantitative estimate of drug-likeness (QED) is 0.591. The third kappa shape index (κ3) is 4.95. The molecule has 1 atom stereocenters. The first-order valence-electron chi connectivity index (χ1n) is 8.49. The third-order valence-corrected chi connectivity index (χ3v) is 4.90. The van der Waals surface area contributed by atoms with Crippen molar-refractivity contribution in [2.24, 2.45) is 0 Å². The molecule has 0 N–H and O–H groups in total. The van der Waals surface area contributed by atoms with Crippen LogP contribution in [0.25, 0.3) is 11.5 Å². The number of aromatic nitrogens is 2. The Morgan fingerprint density at radius 3 is 2.74 bits per heavy atom. The first-order valence-corrected chi connectivity index (χ1v) is 9.37. The Bertz CT molecular complexity index is 944. The van der Waals surface area contributed by atoms with Gasteiger partial charge in [-0.15, -0.1) is 10.2 Å². The van der Waals surface area contributed by atoms with E-state index in [1.54, 1.807) is 31.0 Å². The molecule has 1 aromatic heterocycles. The molecule has 1 heterocycles. The first-order chi connectivity index (χ1) is 12.9. The summed E-state index contributed by atoms with van der Waals surface area (Å²) in [5, 5.41) is 8.02. The molecule has 0 bridgehead atoms. The van der Waals surface area contributed by atoms with Crippen molar-refractivity contribution in [3.63, 3.8) is 0 Å². The van der Waals surface area contributed by atoms with Crippen LogP contribution >= 0.6 is 11.8 Å². The van der Waals surface area contributed by atoms with Crippen LogP contribution in [0.4, 0.5) is 4.39 Å². The van der Waals surface area contributed by atoms with E-state index in [2.05, 4.69) is 10.2 Å². The van der Waals surface area contributed by atoms with Crippen molar-refractivity contribution in [3.8, 4) is 11.5 Å². The maximum absolute atomic E-state index is 13.3. The van der Waals surface area contributed by atoms with Crippen molar-refractivity contribution in [3.05, 3.63) is 65.5 Å². The van der Waals surface area contributed by atoms with Crippen LogP contribution in [0.3, 0.4) is 0 Å². The predicted molar refractivity (Wildman–Crippen MR) is 103 cm³/mol. The zero-order valence-corrected chi connectivity index (χ0v) is 16.2. The Kier molecular flexibility index (Phi) is 5.91. The van der Waals surface area contributed by atoms with E-state index >= 15 is 0 Å². The van der Waals surface area contributed by atoms with Gasteiger partial charge in [0.2, 0.25) is 11.8 Å². The Balaban J connectivity index is 1.62. The molecule has 0 saturated carbocycles. The van der Waals surface area contributed by atoms with Crippen LogP contribution in [0, 0.1) is 12.7 Å². The molecule has 0 spiro atoms. The van der Waals surface area contributed by atoms with Crippen molar-refractivity contribution >= 4 is 17.7 Å². The molecule has 0 aliphatic rings. The lowest BCUT2D eigenvalue weighted by Crippen LogP contribution is -2.32. The van der Waals surface area contributed by atoms with Gasteiger partial charge in [0.1, 0.15) is 5.82 Å². The van der Waals surface area contributed by atoms with Gasteiger partial charge in [0, 0.05) is 19.2 Å². The number of carbonyl (C=O) groups is 1. The normalized spacial score (nSPS) is 12.0. The smallest absolute Gasteiger partial charge is 0.277 e. The fourth-order valence-electron chi connectivity index (χ4n) is 2.65. The molecule has 0 aliphatic heterocycles. The van der Waals surface area contributed by atoms with Gasteiger partial charge in [0.05, 0.1) is 5.25 Å². The number of nitrogens with zero attached hydrogens (tertiary/aromatic N) is 3. The fraction of sp³-hybridized carbons (Fsp3) is 0.250. The Labute approximate surface area is 161 Å². The van der Waals surface area contributed by atoms with Gasteiger partial charge in [-0.3, -0.25) is 4.79 Å². The van der Waals surface area contributed by atoms with E-state index in [1.165, 1.54) is 23.9 Å². The molecule has 27 heavy (non-hydrogen) atoms. The summed E-state index contributed by atoms with van der Waals surface area (Å²) in [4.78, 5) is 14.1. The van der Waals surface area contributed by atoms with E-state index in [0.29, 0.717) is 17.7 Å². The summed E-state index contributed by atoms with van der Waals surface area (Å²) in [6.45, 7) is 4.11.